The molecule has 0 N–H and O–H groups in total. The van der Waals surface area contributed by atoms with E-state index in [0.29, 0.717) is 0 Å². The molecule has 0 aliphatic heterocycles. The highest BCUT2D eigenvalue weighted by Crippen LogP contribution is 2.37. The van der Waals surface area contributed by atoms with Crippen molar-refractivity contribution in [2.45, 2.75) is 25.4 Å². The summed E-state index contributed by atoms with van der Waals surface area (Å²) in [5.41, 5.74) is -0.389. The van der Waals surface area contributed by atoms with Crippen LogP contribution in [0, 0.1) is 6.92 Å². The molecule has 19 heavy (non-hydrogen) atoms. The van der Waals surface area contributed by atoms with E-state index in [2.05, 4.69) is 9.84 Å². The van der Waals surface area contributed by atoms with E-state index in [-0.39, 0.29) is 17.5 Å². The number of hydrogen-bond donors (Lipinski definition) is 0. The van der Waals surface area contributed by atoms with Crippen molar-refractivity contribution >= 4 is 6.29 Å². The Hall–Kier alpha value is -1.74. The van der Waals surface area contributed by atoms with E-state index in [1.807, 2.05) is 0 Å². The maximum absolute atomic E-state index is 13.0. The first-order valence-corrected chi connectivity index (χ1v) is 4.77. The second kappa shape index (κ2) is 4.74. The van der Waals surface area contributed by atoms with Gasteiger partial charge in [-0.2, -0.15) is 22.0 Å². The van der Waals surface area contributed by atoms with Gasteiger partial charge in [-0.3, -0.25) is 9.48 Å². The fourth-order valence-electron chi connectivity index (χ4n) is 1.25. The second-order valence-electron chi connectivity index (χ2n) is 3.62. The van der Waals surface area contributed by atoms with Crippen LogP contribution < -0.4 is 4.74 Å². The van der Waals surface area contributed by atoms with E-state index < -0.39 is 24.3 Å². The lowest BCUT2D eigenvalue weighted by Crippen LogP contribution is -2.45. The molecule has 108 valence electrons. The lowest BCUT2D eigenvalue weighted by Gasteiger charge is -2.22. The highest BCUT2D eigenvalue weighted by molar-refractivity contribution is 5.75. The van der Waals surface area contributed by atoms with Crippen molar-refractivity contribution < 1.29 is 35.9 Å². The number of ether oxygens (including phenoxy) is 1. The minimum absolute atomic E-state index is 0.173. The van der Waals surface area contributed by atoms with Gasteiger partial charge in [0.05, 0.1) is 0 Å². The standard InChI is InChI=1S/C9H8F6N2O2/c1-4-5(3-18)17(2)16-6(4)19-9(14,15)7(10)8(11,12)13/h3,7H,1-2H3. The first-order valence-electron chi connectivity index (χ1n) is 4.77. The molecular weight excluding hydrogens is 282 g/mol. The molecule has 1 rings (SSSR count). The maximum Gasteiger partial charge on any atom is 0.440 e. The summed E-state index contributed by atoms with van der Waals surface area (Å²) in [5.74, 6) is -0.943. The van der Waals surface area contributed by atoms with Crippen LogP contribution >= 0.6 is 0 Å². The van der Waals surface area contributed by atoms with Crippen LogP contribution in [0.15, 0.2) is 0 Å². The van der Waals surface area contributed by atoms with E-state index in [1.54, 1.807) is 0 Å². The first-order chi connectivity index (χ1) is 8.50. The van der Waals surface area contributed by atoms with Gasteiger partial charge in [-0.05, 0) is 6.92 Å². The molecule has 4 nitrogen and oxygen atoms in total. The van der Waals surface area contributed by atoms with Crippen LogP contribution in [0.25, 0.3) is 0 Å². The number of halogens is 6. The van der Waals surface area contributed by atoms with Gasteiger partial charge in [0.25, 0.3) is 6.17 Å². The molecule has 0 saturated carbocycles. The van der Waals surface area contributed by atoms with Gasteiger partial charge in [-0.15, -0.1) is 5.10 Å². The summed E-state index contributed by atoms with van der Waals surface area (Å²) < 4.78 is 78.7. The third-order valence-electron chi connectivity index (χ3n) is 2.22. The molecule has 1 aromatic rings. The number of aromatic nitrogens is 2. The van der Waals surface area contributed by atoms with Crippen molar-refractivity contribution in [2.24, 2.45) is 7.05 Å². The van der Waals surface area contributed by atoms with E-state index in [9.17, 15) is 31.1 Å². The Morgan fingerprint density at radius 1 is 1.32 bits per heavy atom. The van der Waals surface area contributed by atoms with Gasteiger partial charge in [0, 0.05) is 12.6 Å². The summed E-state index contributed by atoms with van der Waals surface area (Å²) in [7, 11) is 1.19. The molecule has 0 aliphatic carbocycles. The Kier molecular flexibility index (Phi) is 3.82. The fourth-order valence-corrected chi connectivity index (χ4v) is 1.25. The monoisotopic (exact) mass is 290 g/mol. The van der Waals surface area contributed by atoms with Gasteiger partial charge in [0.1, 0.15) is 5.69 Å². The molecule has 1 aromatic heterocycles. The van der Waals surface area contributed by atoms with Crippen LogP contribution in [0.1, 0.15) is 16.1 Å². The molecule has 0 bridgehead atoms. The molecule has 0 spiro atoms. The molecule has 0 saturated heterocycles. The number of rotatable bonds is 4. The van der Waals surface area contributed by atoms with Crippen molar-refractivity contribution in [2.75, 3.05) is 0 Å². The number of carbonyl (C=O) groups excluding carboxylic acids is 1. The molecule has 0 radical (unpaired) electrons. The molecular formula is C9H8F6N2O2. The highest BCUT2D eigenvalue weighted by Gasteiger charge is 2.59. The summed E-state index contributed by atoms with van der Waals surface area (Å²) in [6.45, 7) is 1.13. The molecule has 1 atom stereocenters. The number of carbonyl (C=O) groups is 1. The Balaban J connectivity index is 3.05. The van der Waals surface area contributed by atoms with Crippen LogP contribution in [0.4, 0.5) is 26.3 Å². The van der Waals surface area contributed by atoms with Gasteiger partial charge < -0.3 is 4.74 Å². The molecule has 1 unspecified atom stereocenters. The lowest BCUT2D eigenvalue weighted by atomic mass is 10.3. The van der Waals surface area contributed by atoms with Gasteiger partial charge in [0.2, 0.25) is 5.88 Å². The summed E-state index contributed by atoms with van der Waals surface area (Å²) in [6, 6.07) is 0. The average Bonchev–Trinajstić information content (AvgIpc) is 2.51. The second-order valence-corrected chi connectivity index (χ2v) is 3.62. The molecule has 0 amide bonds. The minimum Gasteiger partial charge on any atom is -0.410 e. The Labute approximate surface area is 102 Å². The molecule has 0 aliphatic rings. The summed E-state index contributed by atoms with van der Waals surface area (Å²) in [5, 5.41) is 3.28. The van der Waals surface area contributed by atoms with Gasteiger partial charge in [-0.25, -0.2) is 4.39 Å². The van der Waals surface area contributed by atoms with Crippen molar-refractivity contribution in [1.29, 1.82) is 0 Å². The van der Waals surface area contributed by atoms with Crippen molar-refractivity contribution in [3.8, 4) is 5.88 Å². The van der Waals surface area contributed by atoms with E-state index in [1.165, 1.54) is 7.05 Å². The normalized spacial score (nSPS) is 14.3. The SMILES string of the molecule is Cc1c(OC(F)(F)C(F)C(F)(F)F)nn(C)c1C=O. The predicted molar refractivity (Wildman–Crippen MR) is 49.9 cm³/mol. The number of alkyl halides is 6. The smallest absolute Gasteiger partial charge is 0.410 e. The average molecular weight is 290 g/mol. The highest BCUT2D eigenvalue weighted by atomic mass is 19.4. The molecule has 1 heterocycles. The number of hydrogen-bond acceptors (Lipinski definition) is 3. The Morgan fingerprint density at radius 3 is 2.21 bits per heavy atom. The number of nitrogens with zero attached hydrogens (tertiary/aromatic N) is 2. The summed E-state index contributed by atoms with van der Waals surface area (Å²) >= 11 is 0. The topological polar surface area (TPSA) is 44.1 Å². The van der Waals surface area contributed by atoms with E-state index in [4.69, 9.17) is 0 Å². The summed E-state index contributed by atoms with van der Waals surface area (Å²) in [4.78, 5) is 10.6. The van der Waals surface area contributed by atoms with Crippen molar-refractivity contribution in [3.05, 3.63) is 11.3 Å². The number of aryl methyl sites for hydroxylation is 1. The van der Waals surface area contributed by atoms with Gasteiger partial charge >= 0.3 is 12.3 Å². The molecule has 0 aromatic carbocycles. The molecule has 0 fully saturated rings. The van der Waals surface area contributed by atoms with Crippen LogP contribution in [-0.2, 0) is 7.05 Å². The van der Waals surface area contributed by atoms with Gasteiger partial charge in [0.15, 0.2) is 6.29 Å². The Bertz CT molecular complexity index is 482. The van der Waals surface area contributed by atoms with Crippen LogP contribution in [0.2, 0.25) is 0 Å². The van der Waals surface area contributed by atoms with Gasteiger partial charge in [-0.1, -0.05) is 0 Å². The van der Waals surface area contributed by atoms with Crippen LogP contribution in [0.3, 0.4) is 0 Å². The van der Waals surface area contributed by atoms with E-state index >= 15 is 0 Å². The third kappa shape index (κ3) is 2.99. The van der Waals surface area contributed by atoms with E-state index in [0.717, 1.165) is 11.6 Å². The van der Waals surface area contributed by atoms with Crippen molar-refractivity contribution in [3.63, 3.8) is 0 Å². The quantitative estimate of drug-likeness (QED) is 0.632. The fraction of sp³-hybridized carbons (Fsp3) is 0.556. The van der Waals surface area contributed by atoms with Crippen LogP contribution in [0.5, 0.6) is 5.88 Å². The lowest BCUT2D eigenvalue weighted by molar-refractivity contribution is -0.305. The Morgan fingerprint density at radius 2 is 1.84 bits per heavy atom. The zero-order valence-electron chi connectivity index (χ0n) is 9.63. The summed E-state index contributed by atoms with van der Waals surface area (Å²) in [6.07, 6.45) is -15.2. The number of aldehydes is 1. The zero-order chi connectivity index (χ0) is 15.0. The largest absolute Gasteiger partial charge is 0.440 e. The van der Waals surface area contributed by atoms with Crippen LogP contribution in [-0.4, -0.2) is 34.5 Å². The first kappa shape index (κ1) is 15.3. The van der Waals surface area contributed by atoms with Crippen molar-refractivity contribution in [1.82, 2.24) is 9.78 Å². The maximum atomic E-state index is 13.0. The third-order valence-corrected chi connectivity index (χ3v) is 2.22. The molecule has 10 heteroatoms. The predicted octanol–water partition coefficient (Wildman–Crippen LogP) is 2.41. The zero-order valence-corrected chi connectivity index (χ0v) is 9.63. The minimum atomic E-state index is -5.78.